The molecule has 6 heteroatoms. The highest BCUT2D eigenvalue weighted by atomic mass is 19.4. The van der Waals surface area contributed by atoms with Crippen molar-refractivity contribution in [2.45, 2.75) is 25.2 Å². The van der Waals surface area contributed by atoms with Crippen molar-refractivity contribution >= 4 is 0 Å². The van der Waals surface area contributed by atoms with Crippen molar-refractivity contribution in [1.82, 2.24) is 0 Å². The Morgan fingerprint density at radius 2 is 1.94 bits per heavy atom. The van der Waals surface area contributed by atoms with Crippen LogP contribution in [0.15, 0.2) is 18.2 Å². The van der Waals surface area contributed by atoms with Crippen LogP contribution in [-0.4, -0.2) is 24.5 Å². The Hall–Kier alpha value is -1.27. The van der Waals surface area contributed by atoms with E-state index < -0.39 is 18.3 Å². The fourth-order valence-corrected chi connectivity index (χ4v) is 1.49. The van der Waals surface area contributed by atoms with Crippen molar-refractivity contribution in [2.24, 2.45) is 5.73 Å². The van der Waals surface area contributed by atoms with Gasteiger partial charge in [0, 0.05) is 0 Å². The number of aliphatic hydroxyl groups excluding tert-OH is 1. The number of nitrogens with two attached hydrogens (primary N) is 1. The van der Waals surface area contributed by atoms with E-state index >= 15 is 0 Å². The van der Waals surface area contributed by atoms with Crippen molar-refractivity contribution in [3.05, 3.63) is 29.3 Å². The van der Waals surface area contributed by atoms with E-state index in [2.05, 4.69) is 0 Å². The largest absolute Gasteiger partial charge is 0.496 e. The summed E-state index contributed by atoms with van der Waals surface area (Å²) in [5, 5.41) is 9.04. The van der Waals surface area contributed by atoms with E-state index in [1.54, 1.807) is 6.92 Å². The molecule has 0 spiro atoms. The first kappa shape index (κ1) is 13.8. The van der Waals surface area contributed by atoms with Crippen LogP contribution in [0.4, 0.5) is 13.2 Å². The van der Waals surface area contributed by atoms with Gasteiger partial charge in [-0.1, -0.05) is 12.1 Å². The second-order valence-electron chi connectivity index (χ2n) is 3.74. The molecule has 0 aromatic heterocycles. The molecular formula is C11H14F3NO2. The van der Waals surface area contributed by atoms with Gasteiger partial charge in [0.2, 0.25) is 0 Å². The molecule has 0 amide bonds. The first-order chi connectivity index (χ1) is 7.77. The molecule has 0 fully saturated rings. The van der Waals surface area contributed by atoms with Crippen LogP contribution in [0.3, 0.4) is 0 Å². The molecule has 0 heterocycles. The van der Waals surface area contributed by atoms with Crippen LogP contribution in [-0.2, 0) is 0 Å². The summed E-state index contributed by atoms with van der Waals surface area (Å²) in [7, 11) is 1.46. The summed E-state index contributed by atoms with van der Waals surface area (Å²) in [5.74, 6) is 0.558. The highest BCUT2D eigenvalue weighted by Crippen LogP contribution is 2.30. The molecule has 2 atom stereocenters. The average Bonchev–Trinajstić information content (AvgIpc) is 2.25. The Bertz CT molecular complexity index is 393. The summed E-state index contributed by atoms with van der Waals surface area (Å²) >= 11 is 0. The molecule has 0 saturated heterocycles. The van der Waals surface area contributed by atoms with Crippen LogP contribution in [0.2, 0.25) is 0 Å². The molecule has 1 rings (SSSR count). The Morgan fingerprint density at radius 1 is 1.35 bits per heavy atom. The molecule has 1 aromatic carbocycles. The van der Waals surface area contributed by atoms with Gasteiger partial charge in [-0.3, -0.25) is 0 Å². The first-order valence-corrected chi connectivity index (χ1v) is 4.92. The first-order valence-electron chi connectivity index (χ1n) is 4.92. The lowest BCUT2D eigenvalue weighted by Gasteiger charge is -2.22. The summed E-state index contributed by atoms with van der Waals surface area (Å²) in [5.41, 5.74) is 6.25. The summed E-state index contributed by atoms with van der Waals surface area (Å²) in [6.07, 6.45) is -7.30. The third kappa shape index (κ3) is 3.10. The topological polar surface area (TPSA) is 55.5 Å². The third-order valence-corrected chi connectivity index (χ3v) is 2.48. The minimum atomic E-state index is -4.73. The number of aryl methyl sites for hydroxylation is 1. The standard InChI is InChI=1S/C11H14F3NO2/c1-6-5-7(3-4-8(6)17-2)9(15)10(16)11(12,13)14/h3-5,9-10,16H,15H2,1-2H3/t9-,10-/m1/s1. The molecule has 0 bridgehead atoms. The maximum absolute atomic E-state index is 12.3. The molecule has 0 aliphatic carbocycles. The number of halogens is 3. The molecular weight excluding hydrogens is 235 g/mol. The van der Waals surface area contributed by atoms with Gasteiger partial charge >= 0.3 is 6.18 Å². The van der Waals surface area contributed by atoms with E-state index in [0.717, 1.165) is 0 Å². The molecule has 1 aromatic rings. The molecule has 0 aliphatic rings. The predicted molar refractivity (Wildman–Crippen MR) is 56.7 cm³/mol. The van der Waals surface area contributed by atoms with E-state index in [1.807, 2.05) is 0 Å². The second kappa shape index (κ2) is 4.93. The number of methoxy groups -OCH3 is 1. The molecule has 0 aliphatic heterocycles. The van der Waals surface area contributed by atoms with Gasteiger partial charge in [-0.15, -0.1) is 0 Å². The molecule has 96 valence electrons. The van der Waals surface area contributed by atoms with Crippen molar-refractivity contribution in [1.29, 1.82) is 0 Å². The van der Waals surface area contributed by atoms with Crippen LogP contribution < -0.4 is 10.5 Å². The number of ether oxygens (including phenoxy) is 1. The van der Waals surface area contributed by atoms with Crippen LogP contribution in [0.25, 0.3) is 0 Å². The fraction of sp³-hybridized carbons (Fsp3) is 0.455. The van der Waals surface area contributed by atoms with E-state index in [0.29, 0.717) is 11.3 Å². The van der Waals surface area contributed by atoms with Gasteiger partial charge < -0.3 is 15.6 Å². The highest BCUT2D eigenvalue weighted by molar-refractivity contribution is 5.37. The zero-order valence-electron chi connectivity index (χ0n) is 9.45. The van der Waals surface area contributed by atoms with Crippen LogP contribution in [0.1, 0.15) is 17.2 Å². The number of benzene rings is 1. The maximum Gasteiger partial charge on any atom is 0.416 e. The molecule has 0 saturated carbocycles. The predicted octanol–water partition coefficient (Wildman–Crippen LogP) is 1.93. The molecule has 0 radical (unpaired) electrons. The lowest BCUT2D eigenvalue weighted by Crippen LogP contribution is -2.38. The quantitative estimate of drug-likeness (QED) is 0.860. The highest BCUT2D eigenvalue weighted by Gasteiger charge is 2.42. The van der Waals surface area contributed by atoms with Gasteiger partial charge in [0.25, 0.3) is 0 Å². The number of alkyl halides is 3. The average molecular weight is 249 g/mol. The van der Waals surface area contributed by atoms with Gasteiger partial charge in [0.1, 0.15) is 5.75 Å². The van der Waals surface area contributed by atoms with Crippen molar-refractivity contribution < 1.29 is 23.0 Å². The van der Waals surface area contributed by atoms with E-state index in [4.69, 9.17) is 15.6 Å². The van der Waals surface area contributed by atoms with E-state index in [1.165, 1.54) is 25.3 Å². The number of rotatable bonds is 3. The second-order valence-corrected chi connectivity index (χ2v) is 3.74. The molecule has 0 unspecified atom stereocenters. The van der Waals surface area contributed by atoms with Gasteiger partial charge in [0.05, 0.1) is 13.2 Å². The lowest BCUT2D eigenvalue weighted by molar-refractivity contribution is -0.210. The molecule has 17 heavy (non-hydrogen) atoms. The Kier molecular flexibility index (Phi) is 4.00. The van der Waals surface area contributed by atoms with Gasteiger partial charge in [-0.05, 0) is 24.1 Å². The van der Waals surface area contributed by atoms with Crippen molar-refractivity contribution in [3.8, 4) is 5.75 Å². The monoisotopic (exact) mass is 249 g/mol. The third-order valence-electron chi connectivity index (χ3n) is 2.48. The number of hydrogen-bond acceptors (Lipinski definition) is 3. The zero-order valence-corrected chi connectivity index (χ0v) is 9.45. The molecule has 3 nitrogen and oxygen atoms in total. The summed E-state index contributed by atoms with van der Waals surface area (Å²) < 4.78 is 41.8. The van der Waals surface area contributed by atoms with Gasteiger partial charge in [0.15, 0.2) is 6.10 Å². The maximum atomic E-state index is 12.3. The zero-order chi connectivity index (χ0) is 13.2. The summed E-state index contributed by atoms with van der Waals surface area (Å²) in [6.45, 7) is 1.69. The van der Waals surface area contributed by atoms with Gasteiger partial charge in [-0.2, -0.15) is 13.2 Å². The fourth-order valence-electron chi connectivity index (χ4n) is 1.49. The minimum absolute atomic E-state index is 0.216. The van der Waals surface area contributed by atoms with Crippen LogP contribution in [0, 0.1) is 6.92 Å². The van der Waals surface area contributed by atoms with Gasteiger partial charge in [-0.25, -0.2) is 0 Å². The van der Waals surface area contributed by atoms with Crippen LogP contribution in [0.5, 0.6) is 5.75 Å². The van der Waals surface area contributed by atoms with Crippen LogP contribution >= 0.6 is 0 Å². The number of hydrogen-bond donors (Lipinski definition) is 2. The van der Waals surface area contributed by atoms with E-state index in [9.17, 15) is 13.2 Å². The Morgan fingerprint density at radius 3 is 2.35 bits per heavy atom. The molecule has 3 N–H and O–H groups in total. The summed E-state index contributed by atoms with van der Waals surface area (Å²) in [6, 6.07) is 2.90. The SMILES string of the molecule is COc1ccc([C@@H](N)[C@@H](O)C(F)(F)F)cc1C. The smallest absolute Gasteiger partial charge is 0.416 e. The Labute approximate surface area is 97.0 Å². The van der Waals surface area contributed by atoms with Crippen molar-refractivity contribution in [3.63, 3.8) is 0 Å². The summed E-state index contributed by atoms with van der Waals surface area (Å²) in [4.78, 5) is 0. The minimum Gasteiger partial charge on any atom is -0.496 e. The number of aliphatic hydroxyl groups is 1. The lowest BCUT2D eigenvalue weighted by atomic mass is 10.00. The normalized spacial score (nSPS) is 15.5. The van der Waals surface area contributed by atoms with Crippen molar-refractivity contribution in [2.75, 3.05) is 7.11 Å². The Balaban J connectivity index is 2.97. The van der Waals surface area contributed by atoms with E-state index in [-0.39, 0.29) is 5.56 Å².